The number of hydrogen-bond acceptors (Lipinski definition) is 5. The molecule has 7 heteroatoms. The SMILES string of the molecule is CCC(c1ccc(OCOC)cc1)C(CC)c1ccc(OCOC)c(NC(=O)CBr)c1. The van der Waals surface area contributed by atoms with Crippen LogP contribution >= 0.6 is 15.9 Å². The van der Waals surface area contributed by atoms with Crippen molar-refractivity contribution in [2.75, 3.05) is 38.5 Å². The van der Waals surface area contributed by atoms with Crippen molar-refractivity contribution in [2.24, 2.45) is 0 Å². The number of nitrogens with one attached hydrogen (secondary N) is 1. The van der Waals surface area contributed by atoms with E-state index in [9.17, 15) is 4.79 Å². The molecule has 170 valence electrons. The molecule has 0 radical (unpaired) electrons. The number of carbonyl (C=O) groups is 1. The molecular weight excluding hydrogens is 462 g/mol. The van der Waals surface area contributed by atoms with Gasteiger partial charge in [-0.25, -0.2) is 0 Å². The van der Waals surface area contributed by atoms with E-state index in [0.29, 0.717) is 17.4 Å². The minimum Gasteiger partial charge on any atom is -0.468 e. The fraction of sp³-hybridized carbons (Fsp3) is 0.458. The molecule has 2 unspecified atom stereocenters. The summed E-state index contributed by atoms with van der Waals surface area (Å²) in [5.41, 5.74) is 3.06. The van der Waals surface area contributed by atoms with Crippen molar-refractivity contribution < 1.29 is 23.7 Å². The van der Waals surface area contributed by atoms with Crippen molar-refractivity contribution in [1.82, 2.24) is 0 Å². The van der Waals surface area contributed by atoms with Gasteiger partial charge in [0.25, 0.3) is 0 Å². The lowest BCUT2D eigenvalue weighted by molar-refractivity contribution is -0.113. The number of carbonyl (C=O) groups excluding carboxylic acids is 1. The molecule has 0 saturated heterocycles. The standard InChI is InChI=1S/C24H32BrNO5/c1-5-20(17-7-10-19(11-8-17)30-15-28-3)21(6-2)18-9-12-23(31-16-29-4)22(13-18)26-24(27)14-25/h7-13,20-21H,5-6,14-16H2,1-4H3,(H,26,27). The lowest BCUT2D eigenvalue weighted by atomic mass is 9.78. The molecule has 0 heterocycles. The number of amides is 1. The highest BCUT2D eigenvalue weighted by atomic mass is 79.9. The highest BCUT2D eigenvalue weighted by Gasteiger charge is 2.23. The van der Waals surface area contributed by atoms with Gasteiger partial charge in [-0.2, -0.15) is 0 Å². The molecule has 0 aliphatic heterocycles. The summed E-state index contributed by atoms with van der Waals surface area (Å²) >= 11 is 3.20. The van der Waals surface area contributed by atoms with E-state index >= 15 is 0 Å². The predicted molar refractivity (Wildman–Crippen MR) is 126 cm³/mol. The van der Waals surface area contributed by atoms with Gasteiger partial charge in [0.15, 0.2) is 13.6 Å². The van der Waals surface area contributed by atoms with Gasteiger partial charge in [0.2, 0.25) is 5.91 Å². The summed E-state index contributed by atoms with van der Waals surface area (Å²) in [5.74, 6) is 1.85. The molecular formula is C24H32BrNO5. The van der Waals surface area contributed by atoms with Crippen LogP contribution in [0.1, 0.15) is 49.7 Å². The molecule has 0 bridgehead atoms. The molecule has 0 aromatic heterocycles. The second-order valence-electron chi connectivity index (χ2n) is 7.14. The van der Waals surface area contributed by atoms with Gasteiger partial charge in [-0.05, 0) is 60.1 Å². The van der Waals surface area contributed by atoms with Crippen LogP contribution in [0.3, 0.4) is 0 Å². The van der Waals surface area contributed by atoms with Crippen molar-refractivity contribution >= 4 is 27.5 Å². The number of ether oxygens (including phenoxy) is 4. The Hall–Kier alpha value is -2.09. The molecule has 2 aromatic carbocycles. The monoisotopic (exact) mass is 493 g/mol. The molecule has 0 aliphatic carbocycles. The highest BCUT2D eigenvalue weighted by molar-refractivity contribution is 9.09. The van der Waals surface area contributed by atoms with Crippen LogP contribution in [-0.4, -0.2) is 39.0 Å². The molecule has 1 amide bonds. The Morgan fingerprint density at radius 2 is 1.48 bits per heavy atom. The van der Waals surface area contributed by atoms with E-state index in [0.717, 1.165) is 24.2 Å². The van der Waals surface area contributed by atoms with Crippen molar-refractivity contribution in [1.29, 1.82) is 0 Å². The third-order valence-corrected chi connectivity index (χ3v) is 5.69. The van der Waals surface area contributed by atoms with Gasteiger partial charge in [0, 0.05) is 14.2 Å². The first-order valence-electron chi connectivity index (χ1n) is 10.4. The number of halogens is 1. The summed E-state index contributed by atoms with van der Waals surface area (Å²) < 4.78 is 21.1. The average molecular weight is 494 g/mol. The molecule has 2 rings (SSSR count). The van der Waals surface area contributed by atoms with E-state index in [-0.39, 0.29) is 30.7 Å². The number of alkyl halides is 1. The Kier molecular flexibility index (Phi) is 10.8. The van der Waals surface area contributed by atoms with E-state index in [1.807, 2.05) is 24.3 Å². The van der Waals surface area contributed by atoms with Crippen LogP contribution in [0.25, 0.3) is 0 Å². The van der Waals surface area contributed by atoms with Gasteiger partial charge in [-0.1, -0.05) is 48.0 Å². The number of benzene rings is 2. The molecule has 1 N–H and O–H groups in total. The Morgan fingerprint density at radius 1 is 0.903 bits per heavy atom. The van der Waals surface area contributed by atoms with Gasteiger partial charge >= 0.3 is 0 Å². The van der Waals surface area contributed by atoms with Crippen LogP contribution < -0.4 is 14.8 Å². The summed E-state index contributed by atoms with van der Waals surface area (Å²) in [6, 6.07) is 14.2. The van der Waals surface area contributed by atoms with E-state index in [1.54, 1.807) is 14.2 Å². The predicted octanol–water partition coefficient (Wildman–Crippen LogP) is 5.67. The summed E-state index contributed by atoms with van der Waals surface area (Å²) in [6.45, 7) is 4.74. The first-order valence-corrected chi connectivity index (χ1v) is 11.5. The molecule has 0 aliphatic rings. The minimum atomic E-state index is -0.133. The zero-order chi connectivity index (χ0) is 22.6. The first-order chi connectivity index (χ1) is 15.1. The van der Waals surface area contributed by atoms with Gasteiger partial charge in [-0.15, -0.1) is 0 Å². The zero-order valence-electron chi connectivity index (χ0n) is 18.7. The van der Waals surface area contributed by atoms with Crippen LogP contribution in [0.5, 0.6) is 11.5 Å². The second kappa shape index (κ2) is 13.3. The van der Waals surface area contributed by atoms with Gasteiger partial charge < -0.3 is 24.3 Å². The second-order valence-corrected chi connectivity index (χ2v) is 7.70. The fourth-order valence-corrected chi connectivity index (χ4v) is 3.89. The number of rotatable bonds is 13. The third-order valence-electron chi connectivity index (χ3n) is 5.18. The lowest BCUT2D eigenvalue weighted by Gasteiger charge is -2.27. The molecule has 0 saturated carbocycles. The molecule has 0 spiro atoms. The smallest absolute Gasteiger partial charge is 0.235 e. The van der Waals surface area contributed by atoms with Crippen LogP contribution in [0.2, 0.25) is 0 Å². The zero-order valence-corrected chi connectivity index (χ0v) is 20.2. The summed E-state index contributed by atoms with van der Waals surface area (Å²) in [6.07, 6.45) is 1.95. The maximum Gasteiger partial charge on any atom is 0.235 e. The van der Waals surface area contributed by atoms with Crippen molar-refractivity contribution in [3.8, 4) is 11.5 Å². The van der Waals surface area contributed by atoms with Crippen molar-refractivity contribution in [3.05, 3.63) is 53.6 Å². The van der Waals surface area contributed by atoms with Crippen molar-refractivity contribution in [3.63, 3.8) is 0 Å². The number of hydrogen-bond donors (Lipinski definition) is 1. The topological polar surface area (TPSA) is 66.0 Å². The van der Waals surface area contributed by atoms with E-state index in [2.05, 4.69) is 53.3 Å². The maximum absolute atomic E-state index is 12.0. The molecule has 2 atom stereocenters. The fourth-order valence-electron chi connectivity index (χ4n) is 3.75. The van der Waals surface area contributed by atoms with E-state index in [4.69, 9.17) is 18.9 Å². The normalized spacial score (nSPS) is 12.8. The third kappa shape index (κ3) is 7.23. The Balaban J connectivity index is 2.33. The summed E-state index contributed by atoms with van der Waals surface area (Å²) in [4.78, 5) is 12.0. The minimum absolute atomic E-state index is 0.114. The summed E-state index contributed by atoms with van der Waals surface area (Å²) in [7, 11) is 3.17. The first kappa shape index (κ1) is 25.2. The summed E-state index contributed by atoms with van der Waals surface area (Å²) in [5, 5.41) is 3.13. The van der Waals surface area contributed by atoms with Crippen LogP contribution in [-0.2, 0) is 14.3 Å². The molecule has 31 heavy (non-hydrogen) atoms. The number of methoxy groups -OCH3 is 2. The van der Waals surface area contributed by atoms with Crippen LogP contribution in [0.4, 0.5) is 5.69 Å². The molecule has 0 fully saturated rings. The van der Waals surface area contributed by atoms with Crippen molar-refractivity contribution in [2.45, 2.75) is 38.5 Å². The Labute approximate surface area is 193 Å². The van der Waals surface area contributed by atoms with E-state index < -0.39 is 0 Å². The van der Waals surface area contributed by atoms with E-state index in [1.165, 1.54) is 5.56 Å². The quantitative estimate of drug-likeness (QED) is 0.287. The Morgan fingerprint density at radius 3 is 2.06 bits per heavy atom. The van der Waals surface area contributed by atoms with Gasteiger partial charge in [0.1, 0.15) is 11.5 Å². The molecule has 2 aromatic rings. The van der Waals surface area contributed by atoms with Crippen LogP contribution in [0, 0.1) is 0 Å². The average Bonchev–Trinajstić information content (AvgIpc) is 2.80. The largest absolute Gasteiger partial charge is 0.468 e. The molecule has 6 nitrogen and oxygen atoms in total. The number of anilines is 1. The van der Waals surface area contributed by atoms with Gasteiger partial charge in [-0.3, -0.25) is 4.79 Å². The van der Waals surface area contributed by atoms with Gasteiger partial charge in [0.05, 0.1) is 11.0 Å². The van der Waals surface area contributed by atoms with Crippen LogP contribution in [0.15, 0.2) is 42.5 Å². The lowest BCUT2D eigenvalue weighted by Crippen LogP contribution is -2.15. The Bertz CT molecular complexity index is 812. The maximum atomic E-state index is 12.0. The highest BCUT2D eigenvalue weighted by Crippen LogP contribution is 2.40.